The zero-order valence-corrected chi connectivity index (χ0v) is 11.4. The van der Waals surface area contributed by atoms with Gasteiger partial charge in [-0.05, 0) is 42.5 Å². The van der Waals surface area contributed by atoms with Crippen LogP contribution in [-0.2, 0) is 0 Å². The summed E-state index contributed by atoms with van der Waals surface area (Å²) in [4.78, 5) is 7.57. The van der Waals surface area contributed by atoms with E-state index in [1.165, 1.54) is 0 Å². The molecule has 2 N–H and O–H groups in total. The predicted octanol–water partition coefficient (Wildman–Crippen LogP) is 3.94. The lowest BCUT2D eigenvalue weighted by Gasteiger charge is -2.01. The Morgan fingerprint density at radius 2 is 1.95 bits per heavy atom. The summed E-state index contributed by atoms with van der Waals surface area (Å²) >= 11 is 3.39. The van der Waals surface area contributed by atoms with E-state index in [0.717, 1.165) is 21.2 Å². The Balaban J connectivity index is 1.93. The van der Waals surface area contributed by atoms with Crippen molar-refractivity contribution in [3.63, 3.8) is 0 Å². The van der Waals surface area contributed by atoms with Gasteiger partial charge in [-0.1, -0.05) is 15.9 Å². The fourth-order valence-electron chi connectivity index (χ4n) is 1.81. The van der Waals surface area contributed by atoms with Crippen molar-refractivity contribution >= 4 is 38.6 Å². The number of nitrogens with one attached hydrogen (secondary N) is 2. The van der Waals surface area contributed by atoms with Gasteiger partial charge < -0.3 is 10.3 Å². The number of nitriles is 1. The average molecular weight is 313 g/mol. The first-order valence-electron chi connectivity index (χ1n) is 5.67. The fourth-order valence-corrected chi connectivity index (χ4v) is 2.07. The number of halogens is 1. The smallest absolute Gasteiger partial charge is 0.205 e. The molecule has 3 rings (SSSR count). The van der Waals surface area contributed by atoms with Gasteiger partial charge in [-0.25, -0.2) is 4.98 Å². The van der Waals surface area contributed by atoms with Gasteiger partial charge in [-0.2, -0.15) is 5.26 Å². The van der Waals surface area contributed by atoms with Crippen LogP contribution in [0.2, 0.25) is 0 Å². The molecule has 0 aliphatic carbocycles. The summed E-state index contributed by atoms with van der Waals surface area (Å²) in [6.45, 7) is 0. The topological polar surface area (TPSA) is 64.5 Å². The molecular weight excluding hydrogens is 304 g/mol. The second kappa shape index (κ2) is 4.75. The van der Waals surface area contributed by atoms with E-state index >= 15 is 0 Å². The van der Waals surface area contributed by atoms with Gasteiger partial charge in [-0.3, -0.25) is 0 Å². The summed E-state index contributed by atoms with van der Waals surface area (Å²) < 4.78 is 1.03. The van der Waals surface area contributed by atoms with Crippen LogP contribution in [0.5, 0.6) is 0 Å². The molecule has 3 aromatic rings. The Hall–Kier alpha value is -2.32. The van der Waals surface area contributed by atoms with Crippen molar-refractivity contribution in [2.24, 2.45) is 0 Å². The van der Waals surface area contributed by atoms with Gasteiger partial charge in [0, 0.05) is 10.2 Å². The van der Waals surface area contributed by atoms with Gasteiger partial charge in [-0.15, -0.1) is 0 Å². The van der Waals surface area contributed by atoms with Crippen molar-refractivity contribution in [3.05, 3.63) is 52.5 Å². The molecule has 92 valence electrons. The van der Waals surface area contributed by atoms with Crippen LogP contribution in [0.3, 0.4) is 0 Å². The van der Waals surface area contributed by atoms with E-state index in [4.69, 9.17) is 5.26 Å². The quantitative estimate of drug-likeness (QED) is 0.753. The Labute approximate surface area is 118 Å². The van der Waals surface area contributed by atoms with Gasteiger partial charge in [0.05, 0.1) is 22.7 Å². The largest absolute Gasteiger partial charge is 0.326 e. The van der Waals surface area contributed by atoms with E-state index in [9.17, 15) is 0 Å². The maximum atomic E-state index is 8.86. The summed E-state index contributed by atoms with van der Waals surface area (Å²) in [6, 6.07) is 15.3. The molecule has 0 unspecified atom stereocenters. The SMILES string of the molecule is N#Cc1ccc2nc(Nc3ccc(Br)cc3)[nH]c2c1. The molecule has 0 spiro atoms. The van der Waals surface area contributed by atoms with Crippen molar-refractivity contribution in [1.29, 1.82) is 5.26 Å². The third kappa shape index (κ3) is 2.44. The highest BCUT2D eigenvalue weighted by atomic mass is 79.9. The number of anilines is 2. The number of rotatable bonds is 2. The zero-order valence-electron chi connectivity index (χ0n) is 9.81. The maximum absolute atomic E-state index is 8.86. The van der Waals surface area contributed by atoms with Crippen LogP contribution >= 0.6 is 15.9 Å². The zero-order chi connectivity index (χ0) is 13.2. The molecule has 0 aliphatic rings. The summed E-state index contributed by atoms with van der Waals surface area (Å²) in [5.41, 5.74) is 3.24. The van der Waals surface area contributed by atoms with Crippen molar-refractivity contribution in [2.75, 3.05) is 5.32 Å². The number of aromatic nitrogens is 2. The van der Waals surface area contributed by atoms with Gasteiger partial charge >= 0.3 is 0 Å². The summed E-state index contributed by atoms with van der Waals surface area (Å²) in [7, 11) is 0. The molecule has 0 fully saturated rings. The Bertz CT molecular complexity index is 768. The molecule has 0 bridgehead atoms. The van der Waals surface area contributed by atoms with Crippen molar-refractivity contribution in [3.8, 4) is 6.07 Å². The molecule has 0 aliphatic heterocycles. The predicted molar refractivity (Wildman–Crippen MR) is 78.2 cm³/mol. The van der Waals surface area contributed by atoms with Crippen LogP contribution in [0.25, 0.3) is 11.0 Å². The molecule has 0 saturated heterocycles. The minimum atomic E-state index is 0.617. The minimum absolute atomic E-state index is 0.617. The van der Waals surface area contributed by atoms with Crippen molar-refractivity contribution < 1.29 is 0 Å². The summed E-state index contributed by atoms with van der Waals surface area (Å²) in [5, 5.41) is 12.0. The maximum Gasteiger partial charge on any atom is 0.205 e. The van der Waals surface area contributed by atoms with Crippen molar-refractivity contribution in [1.82, 2.24) is 9.97 Å². The van der Waals surface area contributed by atoms with E-state index in [-0.39, 0.29) is 0 Å². The first-order valence-corrected chi connectivity index (χ1v) is 6.46. The van der Waals surface area contributed by atoms with E-state index in [2.05, 4.69) is 37.3 Å². The van der Waals surface area contributed by atoms with Crippen LogP contribution in [-0.4, -0.2) is 9.97 Å². The molecule has 2 aromatic carbocycles. The first-order chi connectivity index (χ1) is 9.24. The lowest BCUT2D eigenvalue weighted by molar-refractivity contribution is 1.31. The monoisotopic (exact) mass is 312 g/mol. The van der Waals surface area contributed by atoms with Crippen LogP contribution in [0, 0.1) is 11.3 Å². The van der Waals surface area contributed by atoms with Crippen LogP contribution in [0.1, 0.15) is 5.56 Å². The molecule has 1 aromatic heterocycles. The highest BCUT2D eigenvalue weighted by Gasteiger charge is 2.03. The van der Waals surface area contributed by atoms with Gasteiger partial charge in [0.15, 0.2) is 0 Å². The number of imidazole rings is 1. The lowest BCUT2D eigenvalue weighted by atomic mass is 10.2. The number of hydrogen-bond acceptors (Lipinski definition) is 3. The second-order valence-corrected chi connectivity index (χ2v) is 4.98. The van der Waals surface area contributed by atoms with Crippen LogP contribution in [0.4, 0.5) is 11.6 Å². The van der Waals surface area contributed by atoms with Crippen LogP contribution in [0.15, 0.2) is 46.9 Å². The number of aromatic amines is 1. The highest BCUT2D eigenvalue weighted by molar-refractivity contribution is 9.10. The Morgan fingerprint density at radius 1 is 1.16 bits per heavy atom. The van der Waals surface area contributed by atoms with E-state index in [1.54, 1.807) is 12.1 Å². The molecular formula is C14H9BrN4. The number of benzene rings is 2. The van der Waals surface area contributed by atoms with E-state index in [0.29, 0.717) is 11.5 Å². The number of hydrogen-bond donors (Lipinski definition) is 2. The van der Waals surface area contributed by atoms with Gasteiger partial charge in [0.2, 0.25) is 5.95 Å². The molecule has 5 heteroatoms. The number of nitrogens with zero attached hydrogens (tertiary/aromatic N) is 2. The summed E-state index contributed by atoms with van der Waals surface area (Å²) in [5.74, 6) is 0.660. The third-order valence-electron chi connectivity index (χ3n) is 2.72. The third-order valence-corrected chi connectivity index (χ3v) is 3.25. The normalized spacial score (nSPS) is 10.3. The first kappa shape index (κ1) is 11.8. The van der Waals surface area contributed by atoms with Gasteiger partial charge in [0.25, 0.3) is 0 Å². The number of fused-ring (bicyclic) bond motifs is 1. The Morgan fingerprint density at radius 3 is 2.68 bits per heavy atom. The van der Waals surface area contributed by atoms with E-state index < -0.39 is 0 Å². The molecule has 4 nitrogen and oxygen atoms in total. The molecule has 1 heterocycles. The molecule has 19 heavy (non-hydrogen) atoms. The molecule has 0 saturated carbocycles. The fraction of sp³-hybridized carbons (Fsp3) is 0. The average Bonchev–Trinajstić information content (AvgIpc) is 2.82. The number of H-pyrrole nitrogens is 1. The molecule has 0 amide bonds. The Kier molecular flexibility index (Phi) is 2.94. The highest BCUT2D eigenvalue weighted by Crippen LogP contribution is 2.20. The standard InChI is InChI=1S/C14H9BrN4/c15-10-2-4-11(5-3-10)17-14-18-12-6-1-9(8-16)7-13(12)19-14/h1-7H,(H2,17,18,19). The van der Waals surface area contributed by atoms with Crippen molar-refractivity contribution in [2.45, 2.75) is 0 Å². The second-order valence-electron chi connectivity index (χ2n) is 4.06. The molecule has 0 radical (unpaired) electrons. The van der Waals surface area contributed by atoms with Crippen LogP contribution < -0.4 is 5.32 Å². The lowest BCUT2D eigenvalue weighted by Crippen LogP contribution is -1.91. The summed E-state index contributed by atoms with van der Waals surface area (Å²) in [6.07, 6.45) is 0. The minimum Gasteiger partial charge on any atom is -0.326 e. The van der Waals surface area contributed by atoms with Gasteiger partial charge in [0.1, 0.15) is 0 Å². The van der Waals surface area contributed by atoms with E-state index in [1.807, 2.05) is 30.3 Å². The molecule has 0 atom stereocenters.